The Hall–Kier alpha value is -3.53. The first-order valence-electron chi connectivity index (χ1n) is 11.7. The van der Waals surface area contributed by atoms with Gasteiger partial charge in [0.2, 0.25) is 5.88 Å². The molecule has 1 amide bonds. The van der Waals surface area contributed by atoms with Gasteiger partial charge in [0, 0.05) is 38.7 Å². The number of allylic oxidation sites excluding steroid dienone is 3. The molecule has 3 N–H and O–H groups in total. The molecule has 0 atom stereocenters. The van der Waals surface area contributed by atoms with Gasteiger partial charge in [-0.2, -0.15) is 0 Å². The number of likely N-dealkylation sites (tertiary alicyclic amines) is 1. The lowest BCUT2D eigenvalue weighted by atomic mass is 9.99. The van der Waals surface area contributed by atoms with E-state index >= 15 is 0 Å². The normalized spacial score (nSPS) is 18.3. The number of likely N-dealkylation sites (N-methyl/N-ethyl adjacent to an activating group) is 1. The number of hydrogen-bond acceptors (Lipinski definition) is 8. The number of nitrogens with two attached hydrogens (primary N) is 1. The minimum absolute atomic E-state index is 0.0533. The summed E-state index contributed by atoms with van der Waals surface area (Å²) >= 11 is 0. The molecule has 10 heteroatoms. The summed E-state index contributed by atoms with van der Waals surface area (Å²) in [6.45, 7) is 6.07. The Kier molecular flexibility index (Phi) is 7.30. The summed E-state index contributed by atoms with van der Waals surface area (Å²) in [6.07, 6.45) is 7.88. The summed E-state index contributed by atoms with van der Waals surface area (Å²) in [5.41, 5.74) is 0.381. The number of nitrogens with zero attached hydrogens (tertiary/aromatic N) is 3. The lowest BCUT2D eigenvalue weighted by Gasteiger charge is -2.40. The molecule has 9 nitrogen and oxygen atoms in total. The predicted molar refractivity (Wildman–Crippen MR) is 130 cm³/mol. The number of amides is 1. The minimum Gasteiger partial charge on any atom is -0.483 e. The van der Waals surface area contributed by atoms with E-state index in [-0.39, 0.29) is 42.1 Å². The topological polar surface area (TPSA) is 100 Å². The van der Waals surface area contributed by atoms with Gasteiger partial charge in [0.1, 0.15) is 24.0 Å². The largest absolute Gasteiger partial charge is 0.483 e. The number of rotatable bonds is 7. The highest BCUT2D eigenvalue weighted by Crippen LogP contribution is 2.31. The van der Waals surface area contributed by atoms with Crippen LogP contribution in [0.4, 0.5) is 10.1 Å². The first kappa shape index (κ1) is 24.6. The second-order valence-electron chi connectivity index (χ2n) is 9.35. The Bertz CT molecular complexity index is 1080. The Morgan fingerprint density at radius 1 is 1.40 bits per heavy atom. The van der Waals surface area contributed by atoms with Crippen LogP contribution in [-0.2, 0) is 9.53 Å². The van der Waals surface area contributed by atoms with E-state index < -0.39 is 11.7 Å². The van der Waals surface area contributed by atoms with Gasteiger partial charge in [0.25, 0.3) is 5.91 Å². The lowest BCUT2D eigenvalue weighted by molar-refractivity contribution is -0.119. The number of anilines is 1. The van der Waals surface area contributed by atoms with Crippen LogP contribution in [0.5, 0.6) is 5.75 Å². The fraction of sp³-hybridized carbons (Fsp3) is 0.440. The zero-order chi connectivity index (χ0) is 25.1. The molecule has 1 saturated heterocycles. The number of halogens is 1. The second kappa shape index (κ2) is 10.4. The van der Waals surface area contributed by atoms with Crippen molar-refractivity contribution in [2.24, 2.45) is 17.7 Å². The fourth-order valence-electron chi connectivity index (χ4n) is 4.05. The molecule has 1 aromatic rings. The third kappa shape index (κ3) is 5.59. The first-order chi connectivity index (χ1) is 16.7. The molecular formula is C25H32FN5O4. The number of carbonyl (C=O) groups is 2. The molecular weight excluding hydrogens is 453 g/mol. The van der Waals surface area contributed by atoms with E-state index in [1.165, 1.54) is 11.1 Å². The maximum absolute atomic E-state index is 14.6. The molecule has 3 aliphatic rings. The van der Waals surface area contributed by atoms with Gasteiger partial charge in [0.05, 0.1) is 24.4 Å². The van der Waals surface area contributed by atoms with Crippen LogP contribution in [0.2, 0.25) is 0 Å². The van der Waals surface area contributed by atoms with Crippen molar-refractivity contribution >= 4 is 17.4 Å². The molecule has 35 heavy (non-hydrogen) atoms. The van der Waals surface area contributed by atoms with Gasteiger partial charge in [-0.25, -0.2) is 15.2 Å². The molecule has 0 bridgehead atoms. The highest BCUT2D eigenvalue weighted by atomic mass is 19.1. The van der Waals surface area contributed by atoms with Crippen molar-refractivity contribution < 1.29 is 23.5 Å². The Balaban J connectivity index is 1.36. The average Bonchev–Trinajstić information content (AvgIpc) is 2.97. The number of ketones is 1. The van der Waals surface area contributed by atoms with Crippen molar-refractivity contribution in [2.45, 2.75) is 13.8 Å². The maximum Gasteiger partial charge on any atom is 0.256 e. The first-order valence-corrected chi connectivity index (χ1v) is 11.7. The number of ether oxygens (including phenoxy) is 2. The van der Waals surface area contributed by atoms with Crippen LogP contribution < -0.4 is 15.9 Å². The molecule has 3 aliphatic heterocycles. The third-order valence-corrected chi connectivity index (χ3v) is 5.99. The highest BCUT2D eigenvalue weighted by Gasteiger charge is 2.34. The van der Waals surface area contributed by atoms with Crippen molar-refractivity contribution in [3.8, 4) is 5.75 Å². The Labute approximate surface area is 204 Å². The van der Waals surface area contributed by atoms with Crippen LogP contribution >= 0.6 is 0 Å². The number of benzene rings is 1. The second-order valence-corrected chi connectivity index (χ2v) is 9.35. The Morgan fingerprint density at radius 2 is 2.17 bits per heavy atom. The molecule has 0 saturated carbocycles. The van der Waals surface area contributed by atoms with E-state index in [9.17, 15) is 14.0 Å². The highest BCUT2D eigenvalue weighted by molar-refractivity contribution is 5.97. The van der Waals surface area contributed by atoms with Crippen LogP contribution in [0.3, 0.4) is 0 Å². The lowest BCUT2D eigenvalue weighted by Crippen LogP contribution is -2.52. The molecule has 0 aliphatic carbocycles. The number of Topliss-reactive ketones (excluding diaryl/α,β-unsaturated/α-hetero) is 1. The van der Waals surface area contributed by atoms with Crippen molar-refractivity contribution in [3.63, 3.8) is 0 Å². The van der Waals surface area contributed by atoms with E-state index in [0.717, 1.165) is 18.4 Å². The van der Waals surface area contributed by atoms with Gasteiger partial charge >= 0.3 is 0 Å². The van der Waals surface area contributed by atoms with E-state index in [0.29, 0.717) is 31.3 Å². The molecule has 0 radical (unpaired) electrons. The van der Waals surface area contributed by atoms with Gasteiger partial charge in [0.15, 0.2) is 5.78 Å². The molecule has 1 fully saturated rings. The van der Waals surface area contributed by atoms with Crippen LogP contribution in [0.25, 0.3) is 0 Å². The van der Waals surface area contributed by atoms with Crippen LogP contribution in [0.1, 0.15) is 24.2 Å². The Morgan fingerprint density at radius 3 is 2.89 bits per heavy atom. The van der Waals surface area contributed by atoms with Gasteiger partial charge in [-0.1, -0.05) is 26.0 Å². The van der Waals surface area contributed by atoms with E-state index in [1.807, 2.05) is 50.1 Å². The summed E-state index contributed by atoms with van der Waals surface area (Å²) in [6, 6.07) is 2.56. The van der Waals surface area contributed by atoms with Gasteiger partial charge < -0.3 is 24.6 Å². The van der Waals surface area contributed by atoms with Crippen LogP contribution in [0.15, 0.2) is 48.1 Å². The molecule has 1 aromatic carbocycles. The monoisotopic (exact) mass is 485 g/mol. The average molecular weight is 486 g/mol. The summed E-state index contributed by atoms with van der Waals surface area (Å²) in [5.74, 6) is 7.07. The third-order valence-electron chi connectivity index (χ3n) is 5.99. The van der Waals surface area contributed by atoms with Gasteiger partial charge in [-0.05, 0) is 24.1 Å². The molecule has 4 rings (SSSR count). The quantitative estimate of drug-likeness (QED) is 0.345. The number of hydrogen-bond donors (Lipinski definition) is 2. The summed E-state index contributed by atoms with van der Waals surface area (Å²) in [7, 11) is 1.96. The van der Waals surface area contributed by atoms with Gasteiger partial charge in [-0.15, -0.1) is 0 Å². The minimum atomic E-state index is -0.676. The number of fused-ring (bicyclic) bond motifs is 1. The van der Waals surface area contributed by atoms with Crippen molar-refractivity contribution in [1.82, 2.24) is 14.8 Å². The fourth-order valence-corrected chi connectivity index (χ4v) is 4.05. The molecule has 3 heterocycles. The predicted octanol–water partition coefficient (Wildman–Crippen LogP) is 2.30. The van der Waals surface area contributed by atoms with Crippen molar-refractivity contribution in [3.05, 3.63) is 59.5 Å². The number of hydrazine groups is 1. The standard InChI is InChI=1S/C25H32FN5O4/c1-16(2)8-24(31(27)23-6-4-5-7-29(23)3)35-14-17-12-30(13-17)25(33)19-9-21-22(10-20(19)26)34-15-18(32)11-28-21/h4-6,8-10,16-17,28H,7,11-15,27H2,1-3H3/b24-8+. The van der Waals surface area contributed by atoms with Crippen LogP contribution in [0, 0.1) is 17.7 Å². The zero-order valence-electron chi connectivity index (χ0n) is 20.3. The molecule has 0 unspecified atom stereocenters. The van der Waals surface area contributed by atoms with E-state index in [4.69, 9.17) is 15.3 Å². The summed E-state index contributed by atoms with van der Waals surface area (Å²) in [5, 5.41) is 4.44. The smallest absolute Gasteiger partial charge is 0.256 e. The van der Waals surface area contributed by atoms with Crippen molar-refractivity contribution in [2.75, 3.05) is 51.8 Å². The number of nitrogens with one attached hydrogen (secondary N) is 1. The number of carbonyl (C=O) groups excluding carboxylic acids is 2. The van der Waals surface area contributed by atoms with Crippen molar-refractivity contribution in [1.29, 1.82) is 0 Å². The SMILES string of the molecule is CC(C)/C=C(/OCC1CN(C(=O)c2cc3c(cc2F)OCC(=O)CN3)C1)N(N)C1=CC=CCN1C. The van der Waals surface area contributed by atoms with E-state index in [2.05, 4.69) is 5.32 Å². The maximum atomic E-state index is 14.6. The van der Waals surface area contributed by atoms with Crippen LogP contribution in [-0.4, -0.2) is 72.9 Å². The summed E-state index contributed by atoms with van der Waals surface area (Å²) < 4.78 is 26.0. The zero-order valence-corrected chi connectivity index (χ0v) is 20.3. The summed E-state index contributed by atoms with van der Waals surface area (Å²) in [4.78, 5) is 28.1. The molecule has 0 spiro atoms. The molecule has 0 aromatic heterocycles. The molecule has 188 valence electrons. The van der Waals surface area contributed by atoms with Gasteiger partial charge in [-0.3, -0.25) is 9.59 Å². The van der Waals surface area contributed by atoms with E-state index in [1.54, 1.807) is 4.90 Å².